The largest absolute Gasteiger partial charge is 0.416 e. The molecule has 0 N–H and O–H groups in total. The van der Waals surface area contributed by atoms with Crippen molar-refractivity contribution in [2.24, 2.45) is 7.05 Å². The second-order valence-electron chi connectivity index (χ2n) is 10.1. The lowest BCUT2D eigenvalue weighted by atomic mass is 9.95. The normalized spacial score (nSPS) is 19.9. The van der Waals surface area contributed by atoms with Crippen LogP contribution in [-0.2, 0) is 26.2 Å². The summed E-state index contributed by atoms with van der Waals surface area (Å²) in [5.41, 5.74) is 1.11. The van der Waals surface area contributed by atoms with Gasteiger partial charge in [-0.3, -0.25) is 9.69 Å². The second kappa shape index (κ2) is 9.55. The number of amides is 1. The predicted molar refractivity (Wildman–Crippen MR) is 131 cm³/mol. The SMILES string of the molecule is CC(c1cc2c(c(C(F)(F)F)c1)CN(c1cccc([C@H](C)Cc3nncn3C)c1)C2=O)N1CC[C@H](F)C1. The van der Waals surface area contributed by atoms with Crippen molar-refractivity contribution in [3.63, 3.8) is 0 Å². The molecule has 37 heavy (non-hydrogen) atoms. The van der Waals surface area contributed by atoms with Crippen LogP contribution in [0.2, 0.25) is 0 Å². The van der Waals surface area contributed by atoms with Gasteiger partial charge in [0.05, 0.1) is 12.1 Å². The van der Waals surface area contributed by atoms with Crippen LogP contribution in [0, 0.1) is 0 Å². The quantitative estimate of drug-likeness (QED) is 0.410. The van der Waals surface area contributed by atoms with Crippen molar-refractivity contribution in [3.05, 3.63) is 76.4 Å². The molecule has 0 saturated carbocycles. The highest BCUT2D eigenvalue weighted by Crippen LogP contribution is 2.41. The van der Waals surface area contributed by atoms with Crippen LogP contribution in [0.5, 0.6) is 0 Å². The Morgan fingerprint density at radius 3 is 2.57 bits per heavy atom. The lowest BCUT2D eigenvalue weighted by Gasteiger charge is -2.25. The molecule has 0 bridgehead atoms. The number of nitrogens with zero attached hydrogens (tertiary/aromatic N) is 5. The second-order valence-corrected chi connectivity index (χ2v) is 10.1. The van der Waals surface area contributed by atoms with Gasteiger partial charge in [-0.1, -0.05) is 19.1 Å². The summed E-state index contributed by atoms with van der Waals surface area (Å²) in [5.74, 6) is 0.412. The number of benzene rings is 2. The maximum Gasteiger partial charge on any atom is 0.416 e. The van der Waals surface area contributed by atoms with Crippen molar-refractivity contribution < 1.29 is 22.4 Å². The van der Waals surface area contributed by atoms with Gasteiger partial charge in [-0.25, -0.2) is 4.39 Å². The van der Waals surface area contributed by atoms with Crippen molar-refractivity contribution in [1.29, 1.82) is 0 Å². The van der Waals surface area contributed by atoms with E-state index in [1.165, 1.54) is 4.90 Å². The topological polar surface area (TPSA) is 54.3 Å². The molecule has 0 aliphatic carbocycles. The van der Waals surface area contributed by atoms with Gasteiger partial charge in [-0.15, -0.1) is 10.2 Å². The number of anilines is 1. The van der Waals surface area contributed by atoms with Gasteiger partial charge >= 0.3 is 6.18 Å². The Kier molecular flexibility index (Phi) is 6.55. The Hall–Kier alpha value is -3.27. The molecule has 1 saturated heterocycles. The first-order valence-corrected chi connectivity index (χ1v) is 12.4. The van der Waals surface area contributed by atoms with Crippen LogP contribution in [-0.4, -0.2) is 44.8 Å². The van der Waals surface area contributed by atoms with E-state index in [1.807, 2.05) is 41.6 Å². The number of halogens is 4. The van der Waals surface area contributed by atoms with Gasteiger partial charge < -0.3 is 9.47 Å². The van der Waals surface area contributed by atoms with Crippen LogP contribution in [0.15, 0.2) is 42.7 Å². The molecule has 3 heterocycles. The average Bonchev–Trinajstić information content (AvgIpc) is 3.56. The molecule has 10 heteroatoms. The summed E-state index contributed by atoms with van der Waals surface area (Å²) in [5, 5.41) is 8.03. The smallest absolute Gasteiger partial charge is 0.321 e. The fourth-order valence-corrected chi connectivity index (χ4v) is 5.32. The third-order valence-electron chi connectivity index (χ3n) is 7.61. The Balaban J connectivity index is 1.45. The van der Waals surface area contributed by atoms with E-state index in [1.54, 1.807) is 25.4 Å². The Morgan fingerprint density at radius 1 is 1.14 bits per heavy atom. The first kappa shape index (κ1) is 25.4. The average molecular weight is 516 g/mol. The van der Waals surface area contributed by atoms with Gasteiger partial charge in [0.15, 0.2) is 0 Å². The monoisotopic (exact) mass is 515 g/mol. The zero-order valence-corrected chi connectivity index (χ0v) is 21.0. The molecule has 2 aromatic carbocycles. The van der Waals surface area contributed by atoms with Crippen LogP contribution in [0.25, 0.3) is 0 Å². The Labute approximate surface area is 212 Å². The van der Waals surface area contributed by atoms with Crippen molar-refractivity contribution in [1.82, 2.24) is 19.7 Å². The number of aryl methyl sites for hydroxylation is 1. The lowest BCUT2D eigenvalue weighted by molar-refractivity contribution is -0.138. The maximum atomic E-state index is 14.1. The van der Waals surface area contributed by atoms with E-state index in [9.17, 15) is 22.4 Å². The van der Waals surface area contributed by atoms with Crippen LogP contribution >= 0.6 is 0 Å². The highest BCUT2D eigenvalue weighted by Gasteiger charge is 2.41. The molecule has 0 spiro atoms. The number of alkyl halides is 4. The number of rotatable bonds is 6. The van der Waals surface area contributed by atoms with E-state index in [2.05, 4.69) is 10.2 Å². The van der Waals surface area contributed by atoms with Gasteiger partial charge in [-0.2, -0.15) is 13.2 Å². The van der Waals surface area contributed by atoms with E-state index in [4.69, 9.17) is 0 Å². The van der Waals surface area contributed by atoms with Crippen LogP contribution in [0.4, 0.5) is 23.2 Å². The van der Waals surface area contributed by atoms with Crippen LogP contribution in [0.1, 0.15) is 70.7 Å². The first-order valence-electron chi connectivity index (χ1n) is 12.4. The number of carbonyl (C=O) groups excluding carboxylic acids is 1. The molecule has 6 nitrogen and oxygen atoms in total. The number of aromatic nitrogens is 3. The van der Waals surface area contributed by atoms with E-state index in [0.29, 0.717) is 30.6 Å². The zero-order chi connectivity index (χ0) is 26.5. The number of likely N-dealkylation sites (tertiary alicyclic amines) is 1. The minimum atomic E-state index is -4.61. The third-order valence-corrected chi connectivity index (χ3v) is 7.61. The molecule has 1 fully saturated rings. The summed E-state index contributed by atoms with van der Waals surface area (Å²) >= 11 is 0. The standard InChI is InChI=1S/C27H29F4N5O/c1-16(9-25-33-32-15-34(25)3)18-5-4-6-21(10-18)36-14-23-22(26(36)37)11-19(12-24(23)27(29,30)31)17(2)35-8-7-20(28)13-35/h4-6,10-12,15-17,20H,7-9,13-14H2,1-3H3/t16-,17?,20+/m1/s1. The van der Waals surface area contributed by atoms with Crippen molar-refractivity contribution >= 4 is 11.6 Å². The molecule has 2 aliphatic rings. The highest BCUT2D eigenvalue weighted by atomic mass is 19.4. The van der Waals surface area contributed by atoms with Gasteiger partial charge in [0.1, 0.15) is 18.3 Å². The number of fused-ring (bicyclic) bond motifs is 1. The van der Waals surface area contributed by atoms with E-state index in [0.717, 1.165) is 17.5 Å². The fraction of sp³-hybridized carbons (Fsp3) is 0.444. The highest BCUT2D eigenvalue weighted by molar-refractivity contribution is 6.10. The molecular weight excluding hydrogens is 486 g/mol. The molecule has 1 aromatic heterocycles. The maximum absolute atomic E-state index is 14.1. The molecule has 2 aliphatic heterocycles. The number of carbonyl (C=O) groups is 1. The first-order chi connectivity index (χ1) is 17.5. The van der Waals surface area contributed by atoms with E-state index in [-0.39, 0.29) is 30.1 Å². The molecule has 3 aromatic rings. The molecule has 0 radical (unpaired) electrons. The van der Waals surface area contributed by atoms with Crippen LogP contribution in [0.3, 0.4) is 0 Å². The number of hydrogen-bond donors (Lipinski definition) is 0. The summed E-state index contributed by atoms with van der Waals surface area (Å²) in [6.45, 7) is 4.29. The van der Waals surface area contributed by atoms with Gasteiger partial charge in [-0.05, 0) is 60.2 Å². The third kappa shape index (κ3) is 4.86. The molecule has 5 rings (SSSR count). The molecule has 1 amide bonds. The molecule has 196 valence electrons. The Bertz CT molecular complexity index is 1320. The minimum Gasteiger partial charge on any atom is -0.321 e. The summed E-state index contributed by atoms with van der Waals surface area (Å²) in [6.07, 6.45) is -2.98. The zero-order valence-electron chi connectivity index (χ0n) is 21.0. The van der Waals surface area contributed by atoms with Crippen molar-refractivity contribution in [2.75, 3.05) is 18.0 Å². The van der Waals surface area contributed by atoms with Gasteiger partial charge in [0, 0.05) is 43.9 Å². The van der Waals surface area contributed by atoms with Gasteiger partial charge in [0.2, 0.25) is 0 Å². The fourth-order valence-electron chi connectivity index (χ4n) is 5.32. The summed E-state index contributed by atoms with van der Waals surface area (Å²) < 4.78 is 58.1. The van der Waals surface area contributed by atoms with Gasteiger partial charge in [0.25, 0.3) is 5.91 Å². The summed E-state index contributed by atoms with van der Waals surface area (Å²) in [6, 6.07) is 9.60. The number of hydrogen-bond acceptors (Lipinski definition) is 4. The molecule has 3 atom stereocenters. The van der Waals surface area contributed by atoms with Crippen LogP contribution < -0.4 is 4.90 Å². The Morgan fingerprint density at radius 2 is 1.92 bits per heavy atom. The summed E-state index contributed by atoms with van der Waals surface area (Å²) in [7, 11) is 1.87. The summed E-state index contributed by atoms with van der Waals surface area (Å²) in [4.78, 5) is 16.7. The lowest BCUT2D eigenvalue weighted by Crippen LogP contribution is -2.25. The van der Waals surface area contributed by atoms with Crippen molar-refractivity contribution in [3.8, 4) is 0 Å². The molecule has 1 unspecified atom stereocenters. The van der Waals surface area contributed by atoms with E-state index >= 15 is 0 Å². The predicted octanol–water partition coefficient (Wildman–Crippen LogP) is 5.45. The van der Waals surface area contributed by atoms with E-state index < -0.39 is 29.9 Å². The minimum absolute atomic E-state index is 0.0178. The molecular formula is C27H29F4N5O. The van der Waals surface area contributed by atoms with Crippen molar-refractivity contribution in [2.45, 2.75) is 57.5 Å².